The molecule has 1 saturated carbocycles. The van der Waals surface area contributed by atoms with Gasteiger partial charge in [0.2, 0.25) is 11.7 Å². The molecule has 1 aromatic carbocycles. The first-order valence-electron chi connectivity index (χ1n) is 9.45. The number of rotatable bonds is 8. The zero-order chi connectivity index (χ0) is 22.1. The highest BCUT2D eigenvalue weighted by Crippen LogP contribution is 2.34. The molecule has 1 atom stereocenters. The number of amides is 1. The molecular weight excluding hydrogens is 410 g/mol. The first-order valence-corrected chi connectivity index (χ1v) is 10.7. The van der Waals surface area contributed by atoms with Gasteiger partial charge in [-0.15, -0.1) is 11.8 Å². The highest BCUT2D eigenvalue weighted by atomic mass is 32.2. The maximum atomic E-state index is 13.7. The molecule has 162 valence electrons. The van der Waals surface area contributed by atoms with Gasteiger partial charge in [0, 0.05) is 13.1 Å². The van der Waals surface area contributed by atoms with Crippen LogP contribution < -0.4 is 15.8 Å². The Bertz CT molecular complexity index is 856. The van der Waals surface area contributed by atoms with Crippen LogP contribution in [0, 0.1) is 5.92 Å². The number of thioether (sulfide) groups is 1. The molecule has 9 heteroatoms. The van der Waals surface area contributed by atoms with Crippen LogP contribution in [0.1, 0.15) is 35.9 Å². The number of aromatic nitrogens is 2. The number of hydrogen-bond acceptors (Lipinski definition) is 6. The smallest absolute Gasteiger partial charge is 0.303 e. The molecule has 0 spiro atoms. The normalized spacial score (nSPS) is 14.6. The molecule has 0 radical (unpaired) electrons. The van der Waals surface area contributed by atoms with Crippen molar-refractivity contribution >= 4 is 17.7 Å². The van der Waals surface area contributed by atoms with E-state index in [1.54, 1.807) is 42.1 Å². The Morgan fingerprint density at radius 1 is 1.33 bits per heavy atom. The van der Waals surface area contributed by atoms with Crippen molar-refractivity contribution in [2.45, 2.75) is 31.7 Å². The molecule has 1 amide bonds. The van der Waals surface area contributed by atoms with Crippen LogP contribution in [0.3, 0.4) is 0 Å². The topological polar surface area (TPSA) is 90.1 Å². The lowest BCUT2D eigenvalue weighted by atomic mass is 10.1. The van der Waals surface area contributed by atoms with Crippen LogP contribution in [0.25, 0.3) is 0 Å². The van der Waals surface area contributed by atoms with E-state index in [4.69, 9.17) is 4.74 Å². The van der Waals surface area contributed by atoms with Crippen molar-refractivity contribution in [2.75, 3.05) is 13.3 Å². The predicted octanol–water partition coefficient (Wildman–Crippen LogP) is 4.34. The molecule has 1 aliphatic carbocycles. The standard InChI is InChI=1S/C20H21F2N3O2S.CH5N/c1-20(21,22)19-23-12-15(18(25-19)27-14-6-4-3-5-7-14)17(26)24-16(10-11-28-2)13-8-9-13;1-2/h3-7,10-13,16H,8-9H2,1-2H3,(H,24,26);2H2,1H3/b11-10+;. The number of ether oxygens (including phenoxy) is 1. The lowest BCUT2D eigenvalue weighted by Crippen LogP contribution is -2.35. The lowest BCUT2D eigenvalue weighted by molar-refractivity contribution is 0.00707. The third-order valence-electron chi connectivity index (χ3n) is 4.20. The highest BCUT2D eigenvalue weighted by Gasteiger charge is 2.33. The molecule has 2 aromatic rings. The molecule has 1 aliphatic rings. The van der Waals surface area contributed by atoms with Crippen molar-refractivity contribution in [3.8, 4) is 11.6 Å². The SMILES string of the molecule is CN.CS/C=C/C(NC(=O)c1cnc(C(C)(F)F)nc1Oc1ccccc1)C1CC1. The molecule has 0 bridgehead atoms. The van der Waals surface area contributed by atoms with Gasteiger partial charge in [-0.1, -0.05) is 24.3 Å². The summed E-state index contributed by atoms with van der Waals surface area (Å²) >= 11 is 1.54. The van der Waals surface area contributed by atoms with Crippen molar-refractivity contribution in [3.05, 3.63) is 59.4 Å². The average molecular weight is 437 g/mol. The van der Waals surface area contributed by atoms with Gasteiger partial charge in [0.15, 0.2) is 0 Å². The minimum Gasteiger partial charge on any atom is -0.438 e. The fraction of sp³-hybridized carbons (Fsp3) is 0.381. The van der Waals surface area contributed by atoms with E-state index in [-0.39, 0.29) is 17.5 Å². The number of carbonyl (C=O) groups excluding carboxylic acids is 1. The molecule has 1 aromatic heterocycles. The van der Waals surface area contributed by atoms with Crippen LogP contribution >= 0.6 is 11.8 Å². The van der Waals surface area contributed by atoms with Gasteiger partial charge in [-0.05, 0) is 49.6 Å². The van der Waals surface area contributed by atoms with E-state index in [0.29, 0.717) is 18.6 Å². The molecular formula is C21H26F2N4O2S. The number of nitrogens with one attached hydrogen (secondary N) is 1. The van der Waals surface area contributed by atoms with Gasteiger partial charge in [-0.25, -0.2) is 4.98 Å². The van der Waals surface area contributed by atoms with Crippen molar-refractivity contribution in [1.29, 1.82) is 0 Å². The molecule has 0 aliphatic heterocycles. The zero-order valence-electron chi connectivity index (χ0n) is 17.1. The largest absolute Gasteiger partial charge is 0.438 e. The molecule has 1 heterocycles. The van der Waals surface area contributed by atoms with Gasteiger partial charge in [-0.3, -0.25) is 4.79 Å². The predicted molar refractivity (Wildman–Crippen MR) is 115 cm³/mol. The summed E-state index contributed by atoms with van der Waals surface area (Å²) in [4.78, 5) is 20.3. The van der Waals surface area contributed by atoms with Crippen molar-refractivity contribution in [2.24, 2.45) is 11.7 Å². The zero-order valence-corrected chi connectivity index (χ0v) is 18.0. The second-order valence-corrected chi connectivity index (χ2v) is 7.36. The highest BCUT2D eigenvalue weighted by molar-refractivity contribution is 8.01. The van der Waals surface area contributed by atoms with Crippen LogP contribution in [-0.4, -0.2) is 35.2 Å². The van der Waals surface area contributed by atoms with E-state index in [1.807, 2.05) is 17.7 Å². The summed E-state index contributed by atoms with van der Waals surface area (Å²) in [7, 11) is 1.50. The number of alkyl halides is 2. The third kappa shape index (κ3) is 6.77. The maximum absolute atomic E-state index is 13.7. The van der Waals surface area contributed by atoms with Crippen LogP contribution in [0.2, 0.25) is 0 Å². The summed E-state index contributed by atoms with van der Waals surface area (Å²) in [6, 6.07) is 8.45. The van der Waals surface area contributed by atoms with Gasteiger partial charge in [0.1, 0.15) is 11.3 Å². The second kappa shape index (κ2) is 11.0. The summed E-state index contributed by atoms with van der Waals surface area (Å²) in [6.45, 7) is 0.699. The Morgan fingerprint density at radius 3 is 2.57 bits per heavy atom. The van der Waals surface area contributed by atoms with Crippen molar-refractivity contribution in [3.63, 3.8) is 0 Å². The van der Waals surface area contributed by atoms with E-state index in [9.17, 15) is 13.6 Å². The fourth-order valence-electron chi connectivity index (χ4n) is 2.58. The maximum Gasteiger partial charge on any atom is 0.303 e. The molecule has 0 saturated heterocycles. The van der Waals surface area contributed by atoms with E-state index >= 15 is 0 Å². The summed E-state index contributed by atoms with van der Waals surface area (Å²) < 4.78 is 33.0. The Balaban J connectivity index is 0.00000155. The average Bonchev–Trinajstić information content (AvgIpc) is 3.58. The number of benzene rings is 1. The molecule has 1 unspecified atom stereocenters. The number of halogens is 2. The number of nitrogens with two attached hydrogens (primary N) is 1. The molecule has 3 rings (SSSR count). The third-order valence-corrected chi connectivity index (χ3v) is 4.63. The minimum atomic E-state index is -3.25. The van der Waals surface area contributed by atoms with Crippen LogP contribution in [0.5, 0.6) is 11.6 Å². The van der Waals surface area contributed by atoms with Gasteiger partial charge in [0.05, 0.1) is 6.04 Å². The van der Waals surface area contributed by atoms with Crippen molar-refractivity contribution < 1.29 is 18.3 Å². The van der Waals surface area contributed by atoms with Crippen LogP contribution in [0.15, 0.2) is 48.0 Å². The van der Waals surface area contributed by atoms with Crippen molar-refractivity contribution in [1.82, 2.24) is 15.3 Å². The molecule has 6 nitrogen and oxygen atoms in total. The Kier molecular flexibility index (Phi) is 8.73. The molecule has 1 fully saturated rings. The van der Waals surface area contributed by atoms with E-state index in [0.717, 1.165) is 19.0 Å². The second-order valence-electron chi connectivity index (χ2n) is 6.62. The van der Waals surface area contributed by atoms with E-state index < -0.39 is 17.7 Å². The first-order chi connectivity index (χ1) is 14.4. The number of carbonyl (C=O) groups is 1. The van der Waals surface area contributed by atoms with Gasteiger partial charge in [0.25, 0.3) is 5.91 Å². The summed E-state index contributed by atoms with van der Waals surface area (Å²) in [5, 5.41) is 4.85. The molecule has 30 heavy (non-hydrogen) atoms. The Hall–Kier alpha value is -2.52. The first kappa shape index (κ1) is 23.8. The van der Waals surface area contributed by atoms with E-state index in [2.05, 4.69) is 21.0 Å². The number of hydrogen-bond donors (Lipinski definition) is 2. The van der Waals surface area contributed by atoms with Gasteiger partial charge < -0.3 is 15.8 Å². The monoisotopic (exact) mass is 436 g/mol. The minimum absolute atomic E-state index is 0.0139. The van der Waals surface area contributed by atoms with Crippen LogP contribution in [0.4, 0.5) is 8.78 Å². The Morgan fingerprint density at radius 2 is 2.00 bits per heavy atom. The summed E-state index contributed by atoms with van der Waals surface area (Å²) in [5.41, 5.74) is 4.51. The Labute approximate surface area is 179 Å². The summed E-state index contributed by atoms with van der Waals surface area (Å²) in [6.07, 6.45) is 7.04. The summed E-state index contributed by atoms with van der Waals surface area (Å²) in [5.74, 6) is -3.83. The van der Waals surface area contributed by atoms with Gasteiger partial charge in [-0.2, -0.15) is 13.8 Å². The van der Waals surface area contributed by atoms with Crippen LogP contribution in [-0.2, 0) is 5.92 Å². The number of para-hydroxylation sites is 1. The number of nitrogens with zero attached hydrogens (tertiary/aromatic N) is 2. The fourth-order valence-corrected chi connectivity index (χ4v) is 2.91. The van der Waals surface area contributed by atoms with E-state index in [1.165, 1.54) is 7.05 Å². The van der Waals surface area contributed by atoms with Gasteiger partial charge >= 0.3 is 5.92 Å². The lowest BCUT2D eigenvalue weighted by Gasteiger charge is -2.17. The quantitative estimate of drug-likeness (QED) is 0.640. The molecule has 3 N–H and O–H groups in total.